The van der Waals surface area contributed by atoms with Crippen LogP contribution in [-0.2, 0) is 18.0 Å². The van der Waals surface area contributed by atoms with Crippen molar-refractivity contribution in [3.63, 3.8) is 0 Å². The van der Waals surface area contributed by atoms with Crippen LogP contribution in [0.25, 0.3) is 21.7 Å². The van der Waals surface area contributed by atoms with E-state index < -0.39 is 0 Å². The van der Waals surface area contributed by atoms with Crippen molar-refractivity contribution >= 4 is 21.7 Å². The molecule has 1 aromatic heterocycles. The van der Waals surface area contributed by atoms with Gasteiger partial charge in [0.05, 0.1) is 18.6 Å². The predicted molar refractivity (Wildman–Crippen MR) is 68.5 cm³/mol. The van der Waals surface area contributed by atoms with Crippen molar-refractivity contribution in [1.29, 1.82) is 0 Å². The van der Waals surface area contributed by atoms with Gasteiger partial charge in [-0.05, 0) is 23.3 Å². The zero-order valence-electron chi connectivity index (χ0n) is 9.60. The summed E-state index contributed by atoms with van der Waals surface area (Å²) in [4.78, 5) is 12.0. The van der Waals surface area contributed by atoms with Gasteiger partial charge in [0.1, 0.15) is 5.58 Å². The first-order valence-electron chi connectivity index (χ1n) is 5.88. The summed E-state index contributed by atoms with van der Waals surface area (Å²) in [7, 11) is 0. The maximum atomic E-state index is 12.0. The number of para-hydroxylation sites is 1. The lowest BCUT2D eigenvalue weighted by molar-refractivity contribution is 0.135. The normalized spacial score (nSPS) is 14.2. The molecule has 0 amide bonds. The Bertz CT molecular complexity index is 830. The van der Waals surface area contributed by atoms with E-state index >= 15 is 0 Å². The van der Waals surface area contributed by atoms with E-state index in [4.69, 9.17) is 9.15 Å². The van der Waals surface area contributed by atoms with Crippen molar-refractivity contribution in [3.8, 4) is 0 Å². The molecule has 88 valence electrons. The largest absolute Gasteiger partial charge is 0.422 e. The highest BCUT2D eigenvalue weighted by Gasteiger charge is 2.18. The highest BCUT2D eigenvalue weighted by molar-refractivity contribution is 6.06. The van der Waals surface area contributed by atoms with Gasteiger partial charge in [-0.15, -0.1) is 0 Å². The van der Waals surface area contributed by atoms with Gasteiger partial charge in [-0.25, -0.2) is 4.79 Å². The van der Waals surface area contributed by atoms with Crippen LogP contribution < -0.4 is 5.63 Å². The van der Waals surface area contributed by atoms with Crippen LogP contribution in [0.2, 0.25) is 0 Å². The van der Waals surface area contributed by atoms with Gasteiger partial charge >= 0.3 is 5.63 Å². The minimum absolute atomic E-state index is 0.279. The molecule has 3 heteroatoms. The molecule has 3 nitrogen and oxygen atoms in total. The summed E-state index contributed by atoms with van der Waals surface area (Å²) < 4.78 is 10.8. The van der Waals surface area contributed by atoms with E-state index in [1.54, 1.807) is 0 Å². The van der Waals surface area contributed by atoms with Crippen LogP contribution in [0, 0.1) is 0 Å². The zero-order valence-corrected chi connectivity index (χ0v) is 9.60. The van der Waals surface area contributed by atoms with Crippen LogP contribution in [0.4, 0.5) is 0 Å². The molecule has 1 aliphatic heterocycles. The molecule has 0 spiro atoms. The molecule has 0 N–H and O–H groups in total. The van der Waals surface area contributed by atoms with Crippen LogP contribution >= 0.6 is 0 Å². The number of hydrogen-bond donors (Lipinski definition) is 0. The fourth-order valence-electron chi connectivity index (χ4n) is 2.65. The van der Waals surface area contributed by atoms with Gasteiger partial charge in [0.25, 0.3) is 0 Å². The summed E-state index contributed by atoms with van der Waals surface area (Å²) in [6.07, 6.45) is 0. The molecule has 0 saturated heterocycles. The lowest BCUT2D eigenvalue weighted by Gasteiger charge is -2.06. The Morgan fingerprint density at radius 1 is 0.944 bits per heavy atom. The molecule has 3 aromatic rings. The monoisotopic (exact) mass is 238 g/mol. The number of benzene rings is 2. The molecule has 0 saturated carbocycles. The summed E-state index contributed by atoms with van der Waals surface area (Å²) in [5.74, 6) is 0. The molecule has 1 aliphatic rings. The summed E-state index contributed by atoms with van der Waals surface area (Å²) >= 11 is 0. The van der Waals surface area contributed by atoms with Gasteiger partial charge in [0, 0.05) is 10.8 Å². The average molecular weight is 238 g/mol. The highest BCUT2D eigenvalue weighted by Crippen LogP contribution is 2.32. The van der Waals surface area contributed by atoms with Crippen LogP contribution in [-0.4, -0.2) is 0 Å². The van der Waals surface area contributed by atoms with E-state index in [1.165, 1.54) is 5.56 Å². The highest BCUT2D eigenvalue weighted by atomic mass is 16.5. The minimum Gasteiger partial charge on any atom is -0.422 e. The second-order valence-electron chi connectivity index (χ2n) is 4.50. The van der Waals surface area contributed by atoms with E-state index in [0.717, 1.165) is 16.3 Å². The summed E-state index contributed by atoms with van der Waals surface area (Å²) in [5.41, 5.74) is 2.64. The maximum Gasteiger partial charge on any atom is 0.344 e. The number of rotatable bonds is 0. The molecule has 2 heterocycles. The molecular weight excluding hydrogens is 228 g/mol. The third-order valence-electron chi connectivity index (χ3n) is 3.49. The van der Waals surface area contributed by atoms with Gasteiger partial charge in [-0.1, -0.05) is 24.3 Å². The third-order valence-corrected chi connectivity index (χ3v) is 3.49. The van der Waals surface area contributed by atoms with Crippen molar-refractivity contribution in [1.82, 2.24) is 0 Å². The Hall–Kier alpha value is -2.13. The molecule has 0 fully saturated rings. The molecule has 18 heavy (non-hydrogen) atoms. The molecule has 0 radical (unpaired) electrons. The topological polar surface area (TPSA) is 39.4 Å². The Morgan fingerprint density at radius 3 is 2.78 bits per heavy atom. The molecule has 0 atom stereocenters. The maximum absolute atomic E-state index is 12.0. The molecule has 0 unspecified atom stereocenters. The SMILES string of the molecule is O=c1oc2ccccc2c2c3c(ccc12)COC3. The number of hydrogen-bond acceptors (Lipinski definition) is 3. The van der Waals surface area contributed by atoms with E-state index in [-0.39, 0.29) is 5.63 Å². The Labute approximate surface area is 103 Å². The van der Waals surface area contributed by atoms with Crippen LogP contribution in [0.15, 0.2) is 45.6 Å². The molecule has 0 aliphatic carbocycles. The first-order chi connectivity index (χ1) is 8.84. The average Bonchev–Trinajstić information content (AvgIpc) is 2.86. The Balaban J connectivity index is 2.34. The van der Waals surface area contributed by atoms with Crippen LogP contribution in [0.5, 0.6) is 0 Å². The fourth-order valence-corrected chi connectivity index (χ4v) is 2.65. The van der Waals surface area contributed by atoms with E-state index in [9.17, 15) is 4.79 Å². The van der Waals surface area contributed by atoms with E-state index in [2.05, 4.69) is 0 Å². The van der Waals surface area contributed by atoms with Gasteiger partial charge in [-0.3, -0.25) is 0 Å². The quantitative estimate of drug-likeness (QED) is 0.446. The van der Waals surface area contributed by atoms with Crippen molar-refractivity contribution in [2.45, 2.75) is 13.2 Å². The van der Waals surface area contributed by atoms with Crippen molar-refractivity contribution in [2.24, 2.45) is 0 Å². The third kappa shape index (κ3) is 1.19. The molecule has 4 rings (SSSR count). The summed E-state index contributed by atoms with van der Waals surface area (Å²) in [6, 6.07) is 11.4. The van der Waals surface area contributed by atoms with E-state index in [1.807, 2.05) is 36.4 Å². The van der Waals surface area contributed by atoms with Crippen LogP contribution in [0.3, 0.4) is 0 Å². The lowest BCUT2D eigenvalue weighted by Crippen LogP contribution is -2.01. The summed E-state index contributed by atoms with van der Waals surface area (Å²) in [6.45, 7) is 1.19. The molecular formula is C15H10O3. The second-order valence-corrected chi connectivity index (χ2v) is 4.50. The van der Waals surface area contributed by atoms with Crippen molar-refractivity contribution in [2.75, 3.05) is 0 Å². The smallest absolute Gasteiger partial charge is 0.344 e. The molecule has 2 aromatic carbocycles. The van der Waals surface area contributed by atoms with Crippen molar-refractivity contribution in [3.05, 3.63) is 57.9 Å². The first kappa shape index (κ1) is 9.85. The van der Waals surface area contributed by atoms with Gasteiger partial charge < -0.3 is 9.15 Å². The van der Waals surface area contributed by atoms with Gasteiger partial charge in [-0.2, -0.15) is 0 Å². The Morgan fingerprint density at radius 2 is 1.83 bits per heavy atom. The number of ether oxygens (including phenoxy) is 1. The van der Waals surface area contributed by atoms with Crippen LogP contribution in [0.1, 0.15) is 11.1 Å². The lowest BCUT2D eigenvalue weighted by atomic mass is 9.99. The zero-order chi connectivity index (χ0) is 12.1. The minimum atomic E-state index is -0.279. The molecule has 0 bridgehead atoms. The second kappa shape index (κ2) is 3.43. The van der Waals surface area contributed by atoms with Gasteiger partial charge in [0.2, 0.25) is 0 Å². The van der Waals surface area contributed by atoms with E-state index in [0.29, 0.717) is 24.2 Å². The summed E-state index contributed by atoms with van der Waals surface area (Å²) in [5, 5.41) is 2.60. The van der Waals surface area contributed by atoms with Crippen molar-refractivity contribution < 1.29 is 9.15 Å². The first-order valence-corrected chi connectivity index (χ1v) is 5.88. The Kier molecular flexibility index (Phi) is 1.88. The fraction of sp³-hybridized carbons (Fsp3) is 0.133. The predicted octanol–water partition coefficient (Wildman–Crippen LogP) is 2.98. The standard InChI is InChI=1S/C15H10O3/c16-15-11-6-5-9-7-17-8-12(9)14(11)10-3-1-2-4-13(10)18-15/h1-6H,7-8H2. The van der Waals surface area contributed by atoms with Gasteiger partial charge in [0.15, 0.2) is 0 Å². The number of fused-ring (bicyclic) bond motifs is 5.